The zero-order valence-corrected chi connectivity index (χ0v) is 14.1. The van der Waals surface area contributed by atoms with Crippen molar-refractivity contribution in [2.24, 2.45) is 0 Å². The molecule has 1 unspecified atom stereocenters. The molecular weight excluding hydrogens is 323 g/mol. The molecule has 1 heterocycles. The first kappa shape index (κ1) is 16.9. The van der Waals surface area contributed by atoms with E-state index in [1.807, 2.05) is 31.5 Å². The number of quaternary nitrogens is 1. The Morgan fingerprint density at radius 2 is 2.18 bits per heavy atom. The number of hydrogen-bond donors (Lipinski definition) is 2. The van der Waals surface area contributed by atoms with E-state index in [1.54, 1.807) is 23.5 Å². The maximum absolute atomic E-state index is 13.7. The zero-order chi connectivity index (χ0) is 16.1. The molecule has 2 N–H and O–H groups in total. The third-order valence-corrected chi connectivity index (χ3v) is 4.76. The summed E-state index contributed by atoms with van der Waals surface area (Å²) >= 11 is 7.62. The lowest BCUT2D eigenvalue weighted by Crippen LogP contribution is -3.09. The molecule has 22 heavy (non-hydrogen) atoms. The van der Waals surface area contributed by atoms with Gasteiger partial charge in [0.15, 0.2) is 6.54 Å². The molecule has 3 nitrogen and oxygen atoms in total. The van der Waals surface area contributed by atoms with E-state index in [1.165, 1.54) is 6.07 Å². The van der Waals surface area contributed by atoms with Gasteiger partial charge in [-0.15, -0.1) is 11.3 Å². The van der Waals surface area contributed by atoms with E-state index < -0.39 is 0 Å². The molecule has 0 aliphatic carbocycles. The average molecular weight is 342 g/mol. The van der Waals surface area contributed by atoms with Crippen molar-refractivity contribution in [2.75, 3.05) is 13.6 Å². The highest BCUT2D eigenvalue weighted by molar-refractivity contribution is 7.10. The van der Waals surface area contributed by atoms with Gasteiger partial charge in [-0.25, -0.2) is 4.39 Å². The summed E-state index contributed by atoms with van der Waals surface area (Å²) < 4.78 is 13.7. The van der Waals surface area contributed by atoms with Crippen molar-refractivity contribution in [1.82, 2.24) is 5.32 Å². The van der Waals surface area contributed by atoms with E-state index in [-0.39, 0.29) is 24.3 Å². The topological polar surface area (TPSA) is 33.5 Å². The van der Waals surface area contributed by atoms with Gasteiger partial charge in [0.25, 0.3) is 5.91 Å². The van der Waals surface area contributed by atoms with Gasteiger partial charge in [0, 0.05) is 4.88 Å². The Bertz CT molecular complexity index is 613. The highest BCUT2D eigenvalue weighted by Gasteiger charge is 2.17. The minimum Gasteiger partial charge on any atom is -0.344 e. The predicted octanol–water partition coefficient (Wildman–Crippen LogP) is 2.43. The van der Waals surface area contributed by atoms with Crippen LogP contribution in [0.25, 0.3) is 0 Å². The van der Waals surface area contributed by atoms with Gasteiger partial charge in [-0.2, -0.15) is 0 Å². The summed E-state index contributed by atoms with van der Waals surface area (Å²) in [7, 11) is 1.85. The molecule has 6 heteroatoms. The third kappa shape index (κ3) is 4.53. The monoisotopic (exact) mass is 341 g/mol. The van der Waals surface area contributed by atoms with Crippen molar-refractivity contribution in [3.8, 4) is 0 Å². The van der Waals surface area contributed by atoms with Crippen molar-refractivity contribution in [3.05, 3.63) is 57.0 Å². The lowest BCUT2D eigenvalue weighted by molar-refractivity contribution is -0.885. The molecule has 0 aliphatic heterocycles. The van der Waals surface area contributed by atoms with Gasteiger partial charge < -0.3 is 10.2 Å². The fraction of sp³-hybridized carbons (Fsp3) is 0.312. The smallest absolute Gasteiger partial charge is 0.275 e. The van der Waals surface area contributed by atoms with Crippen molar-refractivity contribution in [2.45, 2.75) is 19.5 Å². The van der Waals surface area contributed by atoms with Crippen molar-refractivity contribution in [3.63, 3.8) is 0 Å². The number of rotatable bonds is 6. The van der Waals surface area contributed by atoms with Crippen molar-refractivity contribution < 1.29 is 14.1 Å². The number of carbonyl (C=O) groups excluding carboxylic acids is 1. The van der Waals surface area contributed by atoms with Crippen LogP contribution in [-0.4, -0.2) is 19.5 Å². The van der Waals surface area contributed by atoms with Crippen LogP contribution < -0.4 is 10.2 Å². The fourth-order valence-electron chi connectivity index (χ4n) is 2.24. The van der Waals surface area contributed by atoms with Crippen LogP contribution in [0.4, 0.5) is 4.39 Å². The normalized spacial score (nSPS) is 13.6. The molecule has 0 bridgehead atoms. The van der Waals surface area contributed by atoms with Gasteiger partial charge in [0.05, 0.1) is 23.7 Å². The Morgan fingerprint density at radius 1 is 1.41 bits per heavy atom. The Balaban J connectivity index is 1.89. The summed E-state index contributed by atoms with van der Waals surface area (Å²) in [6.07, 6.45) is 0. The molecule has 1 amide bonds. The summed E-state index contributed by atoms with van der Waals surface area (Å²) in [6.45, 7) is 2.58. The molecule has 2 rings (SSSR count). The lowest BCUT2D eigenvalue weighted by Gasteiger charge is -2.17. The van der Waals surface area contributed by atoms with E-state index in [9.17, 15) is 9.18 Å². The molecule has 0 radical (unpaired) electrons. The number of halogens is 2. The maximum atomic E-state index is 13.7. The third-order valence-electron chi connectivity index (χ3n) is 3.35. The number of amides is 1. The second kappa shape index (κ2) is 7.72. The van der Waals surface area contributed by atoms with Crippen molar-refractivity contribution in [1.29, 1.82) is 0 Å². The largest absolute Gasteiger partial charge is 0.344 e. The molecule has 1 aromatic carbocycles. The van der Waals surface area contributed by atoms with Crippen LogP contribution in [0.5, 0.6) is 0 Å². The molecule has 0 saturated heterocycles. The summed E-state index contributed by atoms with van der Waals surface area (Å²) in [5.41, 5.74) is 0.445. The summed E-state index contributed by atoms with van der Waals surface area (Å²) in [6, 6.07) is 8.55. The molecule has 2 atom stereocenters. The van der Waals surface area contributed by atoms with Crippen LogP contribution in [-0.2, 0) is 11.3 Å². The minimum atomic E-state index is -0.334. The van der Waals surface area contributed by atoms with Gasteiger partial charge in [-0.3, -0.25) is 4.79 Å². The zero-order valence-electron chi connectivity index (χ0n) is 12.5. The first-order chi connectivity index (χ1) is 10.5. The first-order valence-corrected chi connectivity index (χ1v) is 8.30. The van der Waals surface area contributed by atoms with Crippen LogP contribution in [0.2, 0.25) is 5.02 Å². The standard InChI is InChI=1S/C16H18ClFN2OS/c1-11(15-7-4-8-22-15)19-16(21)10-20(2)9-12-13(17)5-3-6-14(12)18/h3-8,11H,9-10H2,1-2H3,(H,19,21)/p+1/t11-/m0/s1. The van der Waals surface area contributed by atoms with E-state index >= 15 is 0 Å². The minimum absolute atomic E-state index is 0.0163. The highest BCUT2D eigenvalue weighted by atomic mass is 35.5. The fourth-order valence-corrected chi connectivity index (χ4v) is 3.21. The quantitative estimate of drug-likeness (QED) is 0.831. The molecule has 2 aromatic rings. The predicted molar refractivity (Wildman–Crippen MR) is 87.7 cm³/mol. The summed E-state index contributed by atoms with van der Waals surface area (Å²) in [5.74, 6) is -0.398. The number of carbonyl (C=O) groups is 1. The summed E-state index contributed by atoms with van der Waals surface area (Å²) in [4.78, 5) is 14.1. The molecule has 0 fully saturated rings. The molecule has 0 aliphatic rings. The molecule has 118 valence electrons. The number of nitrogens with one attached hydrogen (secondary N) is 2. The maximum Gasteiger partial charge on any atom is 0.275 e. The average Bonchev–Trinajstić information content (AvgIpc) is 2.97. The second-order valence-corrected chi connectivity index (χ2v) is 6.70. The lowest BCUT2D eigenvalue weighted by atomic mass is 10.2. The Hall–Kier alpha value is -1.43. The second-order valence-electron chi connectivity index (χ2n) is 5.32. The van der Waals surface area contributed by atoms with E-state index in [0.29, 0.717) is 17.1 Å². The van der Waals surface area contributed by atoms with Crippen LogP contribution in [0.15, 0.2) is 35.7 Å². The van der Waals surface area contributed by atoms with E-state index in [2.05, 4.69) is 5.32 Å². The van der Waals surface area contributed by atoms with Gasteiger partial charge in [-0.1, -0.05) is 23.7 Å². The van der Waals surface area contributed by atoms with Crippen molar-refractivity contribution >= 4 is 28.8 Å². The van der Waals surface area contributed by atoms with Gasteiger partial charge in [0.2, 0.25) is 0 Å². The van der Waals surface area contributed by atoms with Gasteiger partial charge in [0.1, 0.15) is 12.4 Å². The van der Waals surface area contributed by atoms with Crippen LogP contribution in [0, 0.1) is 5.82 Å². The van der Waals surface area contributed by atoms with Crippen LogP contribution in [0.1, 0.15) is 23.4 Å². The van der Waals surface area contributed by atoms with E-state index in [4.69, 9.17) is 11.6 Å². The van der Waals surface area contributed by atoms with E-state index in [0.717, 1.165) is 9.78 Å². The molecule has 0 saturated carbocycles. The van der Waals surface area contributed by atoms with Gasteiger partial charge in [-0.05, 0) is 30.5 Å². The molecule has 1 aromatic heterocycles. The first-order valence-electron chi connectivity index (χ1n) is 7.04. The Kier molecular flexibility index (Phi) is 5.94. The Labute approximate surface area is 138 Å². The Morgan fingerprint density at radius 3 is 2.82 bits per heavy atom. The number of benzene rings is 1. The molecule has 0 spiro atoms. The van der Waals surface area contributed by atoms with Crippen LogP contribution >= 0.6 is 22.9 Å². The summed E-state index contributed by atoms with van der Waals surface area (Å²) in [5, 5.41) is 5.33. The van der Waals surface area contributed by atoms with Crippen LogP contribution in [0.3, 0.4) is 0 Å². The number of thiophene rings is 1. The highest BCUT2D eigenvalue weighted by Crippen LogP contribution is 2.18. The molecular formula is C16H19ClFN2OS+. The SMILES string of the molecule is C[C@H](NC(=O)C[NH+](C)Cc1c(F)cccc1Cl)c1cccs1. The number of likely N-dealkylation sites (N-methyl/N-ethyl adjacent to an activating group) is 1. The van der Waals surface area contributed by atoms with Gasteiger partial charge >= 0.3 is 0 Å². The number of hydrogen-bond acceptors (Lipinski definition) is 2.